The van der Waals surface area contributed by atoms with E-state index in [-0.39, 0.29) is 0 Å². The predicted molar refractivity (Wildman–Crippen MR) is 76.7 cm³/mol. The number of halogens is 3. The van der Waals surface area contributed by atoms with E-state index in [9.17, 15) is 0 Å². The molecule has 0 aromatic heterocycles. The van der Waals surface area contributed by atoms with Crippen LogP contribution in [0.3, 0.4) is 0 Å². The third-order valence-corrected chi connectivity index (χ3v) is 3.42. The molecular weight excluding hydrogens is 293 g/mol. The molecule has 0 amide bonds. The minimum atomic E-state index is 0.305. The van der Waals surface area contributed by atoms with Gasteiger partial charge < -0.3 is 10.5 Å². The lowest BCUT2D eigenvalue weighted by atomic mass is 10.2. The number of ether oxygens (including phenoxy) is 1. The SMILES string of the molecule is Nc1cccc(OCc2cc(Cl)c(Cl)cc2Cl)c1. The third-order valence-electron chi connectivity index (χ3n) is 2.34. The van der Waals surface area contributed by atoms with Crippen LogP contribution in [0.5, 0.6) is 5.75 Å². The van der Waals surface area contributed by atoms with Crippen molar-refractivity contribution in [2.24, 2.45) is 0 Å². The molecule has 0 aliphatic carbocycles. The molecule has 0 saturated carbocycles. The van der Waals surface area contributed by atoms with Gasteiger partial charge in [0.25, 0.3) is 0 Å². The van der Waals surface area contributed by atoms with Crippen molar-refractivity contribution in [1.29, 1.82) is 0 Å². The summed E-state index contributed by atoms with van der Waals surface area (Å²) in [5.41, 5.74) is 7.07. The standard InChI is InChI=1S/C13H10Cl3NO/c14-11-6-13(16)12(15)4-8(11)7-18-10-3-1-2-9(17)5-10/h1-6H,7,17H2. The first-order chi connectivity index (χ1) is 8.56. The molecule has 5 heteroatoms. The maximum Gasteiger partial charge on any atom is 0.121 e. The molecule has 0 fully saturated rings. The van der Waals surface area contributed by atoms with Crippen LogP contribution in [0.15, 0.2) is 36.4 Å². The summed E-state index contributed by atoms with van der Waals surface area (Å²) in [6.07, 6.45) is 0. The first-order valence-corrected chi connectivity index (χ1v) is 6.31. The molecule has 2 aromatic carbocycles. The number of benzene rings is 2. The number of hydrogen-bond acceptors (Lipinski definition) is 2. The van der Waals surface area contributed by atoms with E-state index in [2.05, 4.69) is 0 Å². The molecule has 2 nitrogen and oxygen atoms in total. The Morgan fingerprint density at radius 2 is 1.67 bits per heavy atom. The Morgan fingerprint density at radius 1 is 0.944 bits per heavy atom. The zero-order chi connectivity index (χ0) is 13.1. The normalized spacial score (nSPS) is 10.4. The van der Waals surface area contributed by atoms with Crippen LogP contribution in [0.25, 0.3) is 0 Å². The van der Waals surface area contributed by atoms with E-state index in [1.807, 2.05) is 12.1 Å². The molecule has 94 valence electrons. The minimum Gasteiger partial charge on any atom is -0.489 e. The fourth-order valence-electron chi connectivity index (χ4n) is 1.44. The van der Waals surface area contributed by atoms with Crippen LogP contribution in [0.4, 0.5) is 5.69 Å². The van der Waals surface area contributed by atoms with Crippen molar-refractivity contribution in [3.63, 3.8) is 0 Å². The number of nitrogen functional groups attached to an aromatic ring is 1. The lowest BCUT2D eigenvalue weighted by Gasteiger charge is -2.09. The topological polar surface area (TPSA) is 35.2 Å². The van der Waals surface area contributed by atoms with Crippen molar-refractivity contribution in [2.75, 3.05) is 5.73 Å². The first kappa shape index (κ1) is 13.3. The molecule has 0 atom stereocenters. The highest BCUT2D eigenvalue weighted by Crippen LogP contribution is 2.29. The lowest BCUT2D eigenvalue weighted by Crippen LogP contribution is -1.97. The largest absolute Gasteiger partial charge is 0.489 e. The number of anilines is 1. The first-order valence-electron chi connectivity index (χ1n) is 5.18. The van der Waals surface area contributed by atoms with E-state index in [1.54, 1.807) is 24.3 Å². The Morgan fingerprint density at radius 3 is 2.39 bits per heavy atom. The van der Waals surface area contributed by atoms with Crippen LogP contribution in [0, 0.1) is 0 Å². The minimum absolute atomic E-state index is 0.305. The van der Waals surface area contributed by atoms with Crippen LogP contribution in [0.2, 0.25) is 15.1 Å². The van der Waals surface area contributed by atoms with Gasteiger partial charge in [-0.2, -0.15) is 0 Å². The zero-order valence-corrected chi connectivity index (χ0v) is 11.6. The molecule has 0 aliphatic rings. The molecule has 0 unspecified atom stereocenters. The molecule has 0 saturated heterocycles. The summed E-state index contributed by atoms with van der Waals surface area (Å²) in [6, 6.07) is 10.5. The second-order valence-corrected chi connectivity index (χ2v) is 4.94. The number of nitrogens with two attached hydrogens (primary N) is 1. The molecule has 18 heavy (non-hydrogen) atoms. The second-order valence-electron chi connectivity index (χ2n) is 3.72. The fraction of sp³-hybridized carbons (Fsp3) is 0.0769. The fourth-order valence-corrected chi connectivity index (χ4v) is 2.06. The quantitative estimate of drug-likeness (QED) is 0.652. The van der Waals surface area contributed by atoms with E-state index in [4.69, 9.17) is 45.3 Å². The zero-order valence-electron chi connectivity index (χ0n) is 9.29. The highest BCUT2D eigenvalue weighted by atomic mass is 35.5. The van der Waals surface area contributed by atoms with Gasteiger partial charge in [-0.3, -0.25) is 0 Å². The summed E-state index contributed by atoms with van der Waals surface area (Å²) >= 11 is 17.8. The highest BCUT2D eigenvalue weighted by Gasteiger charge is 2.06. The van der Waals surface area contributed by atoms with Crippen molar-refractivity contribution in [2.45, 2.75) is 6.61 Å². The van der Waals surface area contributed by atoms with Gasteiger partial charge in [-0.1, -0.05) is 40.9 Å². The summed E-state index contributed by atoms with van der Waals surface area (Å²) in [6.45, 7) is 0.305. The second kappa shape index (κ2) is 5.70. The summed E-state index contributed by atoms with van der Waals surface area (Å²) in [4.78, 5) is 0. The van der Waals surface area contributed by atoms with E-state index >= 15 is 0 Å². The lowest BCUT2D eigenvalue weighted by molar-refractivity contribution is 0.306. The van der Waals surface area contributed by atoms with E-state index in [1.165, 1.54) is 0 Å². The molecule has 2 rings (SSSR count). The van der Waals surface area contributed by atoms with Crippen LogP contribution >= 0.6 is 34.8 Å². The highest BCUT2D eigenvalue weighted by molar-refractivity contribution is 6.43. The molecule has 0 heterocycles. The molecule has 0 bridgehead atoms. The van der Waals surface area contributed by atoms with Crippen LogP contribution in [-0.2, 0) is 6.61 Å². The van der Waals surface area contributed by atoms with E-state index in [0.717, 1.165) is 5.56 Å². The van der Waals surface area contributed by atoms with Gasteiger partial charge in [0.15, 0.2) is 0 Å². The Bertz CT molecular complexity index is 572. The maximum absolute atomic E-state index is 6.05. The molecule has 0 radical (unpaired) electrons. The average Bonchev–Trinajstić information content (AvgIpc) is 2.32. The van der Waals surface area contributed by atoms with E-state index < -0.39 is 0 Å². The summed E-state index contributed by atoms with van der Waals surface area (Å²) in [5.74, 6) is 0.678. The summed E-state index contributed by atoms with van der Waals surface area (Å²) in [5, 5.41) is 1.40. The maximum atomic E-state index is 6.05. The summed E-state index contributed by atoms with van der Waals surface area (Å²) < 4.78 is 5.58. The Kier molecular flexibility index (Phi) is 4.23. The molecular formula is C13H10Cl3NO. The van der Waals surface area contributed by atoms with Gasteiger partial charge in [-0.25, -0.2) is 0 Å². The Balaban J connectivity index is 2.13. The van der Waals surface area contributed by atoms with Crippen molar-refractivity contribution >= 4 is 40.5 Å². The van der Waals surface area contributed by atoms with Gasteiger partial charge in [0, 0.05) is 22.3 Å². The third kappa shape index (κ3) is 3.22. The van der Waals surface area contributed by atoms with Crippen molar-refractivity contribution in [3.8, 4) is 5.75 Å². The number of rotatable bonds is 3. The van der Waals surface area contributed by atoms with Crippen LogP contribution in [0.1, 0.15) is 5.56 Å². The van der Waals surface area contributed by atoms with Crippen molar-refractivity contribution < 1.29 is 4.74 Å². The molecule has 0 aliphatic heterocycles. The van der Waals surface area contributed by atoms with Gasteiger partial charge in [0.05, 0.1) is 10.0 Å². The van der Waals surface area contributed by atoms with E-state index in [0.29, 0.717) is 33.1 Å². The predicted octanol–water partition coefficient (Wildman–Crippen LogP) is 4.81. The van der Waals surface area contributed by atoms with Crippen molar-refractivity contribution in [1.82, 2.24) is 0 Å². The van der Waals surface area contributed by atoms with Crippen LogP contribution < -0.4 is 10.5 Å². The molecule has 0 spiro atoms. The van der Waals surface area contributed by atoms with Crippen LogP contribution in [-0.4, -0.2) is 0 Å². The van der Waals surface area contributed by atoms with Gasteiger partial charge in [-0.15, -0.1) is 0 Å². The van der Waals surface area contributed by atoms with Crippen molar-refractivity contribution in [3.05, 3.63) is 57.0 Å². The monoisotopic (exact) mass is 301 g/mol. The number of hydrogen-bond donors (Lipinski definition) is 1. The van der Waals surface area contributed by atoms with Gasteiger partial charge >= 0.3 is 0 Å². The Labute approximate surface area is 120 Å². The van der Waals surface area contributed by atoms with Gasteiger partial charge in [0.2, 0.25) is 0 Å². The average molecular weight is 303 g/mol. The van der Waals surface area contributed by atoms with Gasteiger partial charge in [-0.05, 0) is 24.3 Å². The molecule has 2 N–H and O–H groups in total. The molecule has 2 aromatic rings. The van der Waals surface area contributed by atoms with Gasteiger partial charge in [0.1, 0.15) is 12.4 Å². The smallest absolute Gasteiger partial charge is 0.121 e. The Hall–Kier alpha value is -1.09. The summed E-state index contributed by atoms with van der Waals surface area (Å²) in [7, 11) is 0.